The average Bonchev–Trinajstić information content (AvgIpc) is 3.00. The van der Waals surface area contributed by atoms with Gasteiger partial charge in [-0.3, -0.25) is 4.79 Å². The highest BCUT2D eigenvalue weighted by Crippen LogP contribution is 2.51. The number of carbonyl (C=O) groups is 1. The van der Waals surface area contributed by atoms with Crippen LogP contribution in [0.1, 0.15) is 63.9 Å². The lowest BCUT2D eigenvalue weighted by molar-refractivity contribution is 0.103. The number of aliphatic hydroxyl groups excluding tert-OH is 1. The van der Waals surface area contributed by atoms with Gasteiger partial charge in [0.2, 0.25) is 0 Å². The van der Waals surface area contributed by atoms with E-state index in [-0.39, 0.29) is 40.2 Å². The molecule has 1 aliphatic rings. The molecule has 222 valence electrons. The number of carbonyl (C=O) groups excluding carboxylic acids is 1. The zero-order valence-corrected chi connectivity index (χ0v) is 23.7. The van der Waals surface area contributed by atoms with Gasteiger partial charge in [0, 0.05) is 11.6 Å². The number of allylic oxidation sites excluding steroid dienone is 1. The number of methoxy groups -OCH3 is 1. The number of rotatable bonds is 10. The normalized spacial score (nSPS) is 16.8. The summed E-state index contributed by atoms with van der Waals surface area (Å²) < 4.78 is 11.9. The Balaban J connectivity index is 1.47. The lowest BCUT2D eigenvalue weighted by Crippen LogP contribution is -2.23. The van der Waals surface area contributed by atoms with Gasteiger partial charge in [0.25, 0.3) is 0 Å². The molecule has 0 aliphatic carbocycles. The molecule has 4 aromatic carbocycles. The standard InChI is InChI=1S/C35H34O8/c1-42-31-20-32-33(35(41)34(31)29(40)17-7-22-4-12-26(37)13-5-22)24(19-30(43-32)23-8-15-27(38)16-9-23)18-28(39)14-6-21-2-10-25(36)11-3-21/h2-5,7-13,15-17,20,24,28,30,36-39,41H,6,14,18-19H2,1H3/b17-7+/t24-,28-,30+/m1/s1. The van der Waals surface area contributed by atoms with Gasteiger partial charge in [-0.15, -0.1) is 0 Å². The smallest absolute Gasteiger partial charge is 0.193 e. The number of hydrogen-bond donors (Lipinski definition) is 5. The molecular weight excluding hydrogens is 548 g/mol. The monoisotopic (exact) mass is 582 g/mol. The van der Waals surface area contributed by atoms with Gasteiger partial charge in [0.15, 0.2) is 5.78 Å². The zero-order chi connectivity index (χ0) is 30.5. The van der Waals surface area contributed by atoms with Crippen LogP contribution in [0.25, 0.3) is 6.08 Å². The molecule has 8 heteroatoms. The van der Waals surface area contributed by atoms with Crippen LogP contribution in [0.2, 0.25) is 0 Å². The minimum absolute atomic E-state index is 0.00783. The summed E-state index contributed by atoms with van der Waals surface area (Å²) in [6, 6.07) is 21.5. The molecule has 43 heavy (non-hydrogen) atoms. The lowest BCUT2D eigenvalue weighted by atomic mass is 9.81. The van der Waals surface area contributed by atoms with Crippen molar-refractivity contribution < 1.29 is 39.8 Å². The van der Waals surface area contributed by atoms with Gasteiger partial charge in [-0.25, -0.2) is 0 Å². The fourth-order valence-corrected chi connectivity index (χ4v) is 5.50. The van der Waals surface area contributed by atoms with Crippen molar-refractivity contribution >= 4 is 11.9 Å². The van der Waals surface area contributed by atoms with Gasteiger partial charge in [-0.2, -0.15) is 0 Å². The van der Waals surface area contributed by atoms with Crippen LogP contribution in [-0.4, -0.2) is 44.5 Å². The van der Waals surface area contributed by atoms with Crippen LogP contribution in [0.3, 0.4) is 0 Å². The molecular formula is C35H34O8. The van der Waals surface area contributed by atoms with Crippen LogP contribution >= 0.6 is 0 Å². The van der Waals surface area contributed by atoms with Crippen molar-refractivity contribution in [2.24, 2.45) is 0 Å². The van der Waals surface area contributed by atoms with Gasteiger partial charge in [-0.05, 0) is 90.8 Å². The summed E-state index contributed by atoms with van der Waals surface area (Å²) >= 11 is 0. The molecule has 0 spiro atoms. The minimum Gasteiger partial charge on any atom is -0.508 e. The van der Waals surface area contributed by atoms with E-state index in [1.165, 1.54) is 25.3 Å². The molecule has 0 saturated heterocycles. The second kappa shape index (κ2) is 12.9. The number of phenols is 4. The van der Waals surface area contributed by atoms with Crippen LogP contribution in [-0.2, 0) is 6.42 Å². The van der Waals surface area contributed by atoms with Crippen molar-refractivity contribution in [1.82, 2.24) is 0 Å². The van der Waals surface area contributed by atoms with Crippen LogP contribution in [0.5, 0.6) is 34.5 Å². The van der Waals surface area contributed by atoms with E-state index in [1.54, 1.807) is 60.7 Å². The molecule has 5 N–H and O–H groups in total. The molecule has 0 aromatic heterocycles. The number of phenolic OH excluding ortho intramolecular Hbond substituents is 4. The van der Waals surface area contributed by atoms with Crippen LogP contribution < -0.4 is 9.47 Å². The number of ketones is 1. The van der Waals surface area contributed by atoms with Crippen LogP contribution in [0.4, 0.5) is 0 Å². The fourth-order valence-electron chi connectivity index (χ4n) is 5.50. The first-order valence-electron chi connectivity index (χ1n) is 14.1. The predicted octanol–water partition coefficient (Wildman–Crippen LogP) is 6.40. The molecule has 0 radical (unpaired) electrons. The highest BCUT2D eigenvalue weighted by atomic mass is 16.5. The average molecular weight is 583 g/mol. The molecule has 0 fully saturated rings. The van der Waals surface area contributed by atoms with E-state index in [9.17, 15) is 30.3 Å². The van der Waals surface area contributed by atoms with Gasteiger partial charge >= 0.3 is 0 Å². The van der Waals surface area contributed by atoms with E-state index >= 15 is 0 Å². The summed E-state index contributed by atoms with van der Waals surface area (Å²) in [5, 5.41) is 51.6. The highest BCUT2D eigenvalue weighted by molar-refractivity contribution is 6.11. The van der Waals surface area contributed by atoms with Crippen molar-refractivity contribution in [3.8, 4) is 34.5 Å². The minimum atomic E-state index is -0.722. The Kier molecular flexibility index (Phi) is 8.87. The molecule has 4 aromatic rings. The van der Waals surface area contributed by atoms with Crippen molar-refractivity contribution in [2.75, 3.05) is 7.11 Å². The third kappa shape index (κ3) is 6.93. The maximum atomic E-state index is 13.4. The Labute approximate surface area is 249 Å². The van der Waals surface area contributed by atoms with E-state index in [0.29, 0.717) is 42.6 Å². The third-order valence-electron chi connectivity index (χ3n) is 7.75. The number of benzene rings is 4. The van der Waals surface area contributed by atoms with Gasteiger partial charge < -0.3 is 35.0 Å². The Morgan fingerprint density at radius 1 is 0.930 bits per heavy atom. The summed E-state index contributed by atoms with van der Waals surface area (Å²) in [7, 11) is 1.41. The van der Waals surface area contributed by atoms with Crippen molar-refractivity contribution in [2.45, 2.75) is 43.8 Å². The third-order valence-corrected chi connectivity index (χ3v) is 7.75. The second-order valence-corrected chi connectivity index (χ2v) is 10.7. The summed E-state index contributed by atoms with van der Waals surface area (Å²) in [6.45, 7) is 0. The molecule has 1 heterocycles. The predicted molar refractivity (Wildman–Crippen MR) is 162 cm³/mol. The fraction of sp³-hybridized carbons (Fsp3) is 0.229. The number of aliphatic hydroxyl groups is 1. The van der Waals surface area contributed by atoms with Crippen molar-refractivity contribution in [1.29, 1.82) is 0 Å². The summed E-state index contributed by atoms with van der Waals surface area (Å²) in [5.74, 6) is -0.174. The van der Waals surface area contributed by atoms with E-state index in [0.717, 1.165) is 11.1 Å². The first-order chi connectivity index (χ1) is 20.7. The Hall–Kier alpha value is -4.95. The Morgan fingerprint density at radius 3 is 2.16 bits per heavy atom. The molecule has 0 unspecified atom stereocenters. The Morgan fingerprint density at radius 2 is 1.53 bits per heavy atom. The summed E-state index contributed by atoms with van der Waals surface area (Å²) in [5.41, 5.74) is 2.92. The van der Waals surface area contributed by atoms with Gasteiger partial charge in [0.05, 0.1) is 13.2 Å². The van der Waals surface area contributed by atoms with Crippen LogP contribution in [0, 0.1) is 0 Å². The Bertz CT molecular complexity index is 1590. The number of hydrogen-bond acceptors (Lipinski definition) is 8. The van der Waals surface area contributed by atoms with Crippen molar-refractivity contribution in [3.63, 3.8) is 0 Å². The second-order valence-electron chi connectivity index (χ2n) is 10.7. The molecule has 3 atom stereocenters. The van der Waals surface area contributed by atoms with Gasteiger partial charge in [0.1, 0.15) is 46.2 Å². The quantitative estimate of drug-likeness (QED) is 0.107. The number of ether oxygens (including phenoxy) is 2. The largest absolute Gasteiger partial charge is 0.508 e. The molecule has 0 saturated carbocycles. The number of aryl methyl sites for hydroxylation is 1. The number of fused-ring (bicyclic) bond motifs is 1. The number of aromatic hydroxyl groups is 4. The van der Waals surface area contributed by atoms with E-state index in [1.807, 2.05) is 12.1 Å². The molecule has 8 nitrogen and oxygen atoms in total. The van der Waals surface area contributed by atoms with Crippen molar-refractivity contribution in [3.05, 3.63) is 113 Å². The molecule has 0 bridgehead atoms. The first kappa shape index (κ1) is 29.5. The zero-order valence-electron chi connectivity index (χ0n) is 23.7. The first-order valence-corrected chi connectivity index (χ1v) is 14.1. The van der Waals surface area contributed by atoms with Gasteiger partial charge in [-0.1, -0.05) is 42.5 Å². The lowest BCUT2D eigenvalue weighted by Gasteiger charge is -2.35. The summed E-state index contributed by atoms with van der Waals surface area (Å²) in [6.07, 6.45) is 3.55. The molecule has 1 aliphatic heterocycles. The molecule has 5 rings (SSSR count). The maximum Gasteiger partial charge on any atom is 0.193 e. The van der Waals surface area contributed by atoms with E-state index in [2.05, 4.69) is 0 Å². The SMILES string of the molecule is COc1cc2c(c(O)c1C(=O)/C=C/c1ccc(O)cc1)[C@H](C[C@H](O)CCc1ccc(O)cc1)C[C@@H](c1ccc(O)cc1)O2. The highest BCUT2D eigenvalue weighted by Gasteiger charge is 2.36. The topological polar surface area (TPSA) is 137 Å². The summed E-state index contributed by atoms with van der Waals surface area (Å²) in [4.78, 5) is 13.4. The van der Waals surface area contributed by atoms with E-state index in [4.69, 9.17) is 9.47 Å². The van der Waals surface area contributed by atoms with Crippen LogP contribution in [0.15, 0.2) is 84.9 Å². The van der Waals surface area contributed by atoms with E-state index < -0.39 is 18.0 Å². The maximum absolute atomic E-state index is 13.4. The molecule has 0 amide bonds.